The van der Waals surface area contributed by atoms with Gasteiger partial charge in [-0.25, -0.2) is 19.9 Å². The van der Waals surface area contributed by atoms with E-state index in [1.165, 1.54) is 0 Å². The van der Waals surface area contributed by atoms with Crippen LogP contribution in [0.15, 0.2) is 168 Å². The molecule has 0 bridgehead atoms. The fraction of sp³-hybridized carbons (Fsp3) is 0. The molecule has 0 N–H and O–H groups in total. The Kier molecular flexibility index (Phi) is 6.15. The highest BCUT2D eigenvalue weighted by molar-refractivity contribution is 6.13. The quantitative estimate of drug-likeness (QED) is 0.187. The first-order chi connectivity index (χ1) is 25.8. The third-order valence-corrected chi connectivity index (χ3v) is 10.1. The molecule has 0 saturated heterocycles. The molecule has 4 heterocycles. The zero-order chi connectivity index (χ0) is 34.2. The second kappa shape index (κ2) is 11.2. The smallest absolute Gasteiger partial charge is 0.167 e. The number of para-hydroxylation sites is 3. The zero-order valence-corrected chi connectivity index (χ0v) is 27.7. The first kappa shape index (κ1) is 28.6. The summed E-state index contributed by atoms with van der Waals surface area (Å²) in [5.41, 5.74) is 7.04. The van der Waals surface area contributed by atoms with Crippen molar-refractivity contribution in [2.75, 3.05) is 0 Å². The minimum absolute atomic E-state index is 0.547. The lowest BCUT2D eigenvalue weighted by Gasteiger charge is -2.11. The molecule has 0 saturated carbocycles. The summed E-state index contributed by atoms with van der Waals surface area (Å²) in [7, 11) is 0. The van der Waals surface area contributed by atoms with Crippen LogP contribution in [-0.2, 0) is 0 Å². The predicted molar refractivity (Wildman–Crippen MR) is 211 cm³/mol. The van der Waals surface area contributed by atoms with Gasteiger partial charge in [-0.15, -0.1) is 0 Å². The maximum Gasteiger partial charge on any atom is 0.167 e. The van der Waals surface area contributed by atoms with Crippen LogP contribution in [0.5, 0.6) is 0 Å². The molecule has 0 fully saturated rings. The van der Waals surface area contributed by atoms with Crippen molar-refractivity contribution in [1.29, 1.82) is 0 Å². The van der Waals surface area contributed by atoms with E-state index in [-0.39, 0.29) is 0 Å². The molecule has 6 heteroatoms. The first-order valence-corrected chi connectivity index (χ1v) is 17.3. The van der Waals surface area contributed by atoms with Gasteiger partial charge in [0.05, 0.1) is 16.8 Å². The average Bonchev–Trinajstić information content (AvgIpc) is 3.76. The maximum atomic E-state index is 6.96. The van der Waals surface area contributed by atoms with Gasteiger partial charge in [-0.2, -0.15) is 0 Å². The van der Waals surface area contributed by atoms with E-state index in [1.54, 1.807) is 0 Å². The highest BCUT2D eigenvalue weighted by atomic mass is 16.3. The Morgan fingerprint density at radius 1 is 0.423 bits per heavy atom. The SMILES string of the molecule is c1ccc2cc(-c3nc(-c4cccc5ccccc45)nc(-c4cccc5c4oc4c(-n6c7ccccc7c7cccnc76)cccc45)n3)ccc2c1. The number of rotatable bonds is 4. The first-order valence-electron chi connectivity index (χ1n) is 17.3. The molecule has 0 spiro atoms. The molecule has 11 aromatic rings. The molecule has 0 aliphatic carbocycles. The fourth-order valence-corrected chi connectivity index (χ4v) is 7.69. The molecule has 0 aliphatic rings. The number of benzene rings is 7. The molecule has 0 radical (unpaired) electrons. The molecule has 242 valence electrons. The second-order valence-electron chi connectivity index (χ2n) is 13.1. The molecule has 4 aromatic heterocycles. The number of furan rings is 1. The van der Waals surface area contributed by atoms with Gasteiger partial charge >= 0.3 is 0 Å². The van der Waals surface area contributed by atoms with Crippen molar-refractivity contribution in [3.05, 3.63) is 164 Å². The van der Waals surface area contributed by atoms with Crippen molar-refractivity contribution >= 4 is 65.4 Å². The highest BCUT2D eigenvalue weighted by Crippen LogP contribution is 2.40. The molecule has 11 rings (SSSR count). The third-order valence-electron chi connectivity index (χ3n) is 10.1. The van der Waals surface area contributed by atoms with E-state index in [4.69, 9.17) is 24.4 Å². The molecule has 6 nitrogen and oxygen atoms in total. The number of fused-ring (bicyclic) bond motifs is 8. The summed E-state index contributed by atoms with van der Waals surface area (Å²) in [6.45, 7) is 0. The summed E-state index contributed by atoms with van der Waals surface area (Å²) in [6.07, 6.45) is 1.84. The molecule has 0 atom stereocenters. The van der Waals surface area contributed by atoms with Crippen LogP contribution in [0.25, 0.3) is 105 Å². The van der Waals surface area contributed by atoms with Gasteiger partial charge in [0.1, 0.15) is 11.2 Å². The minimum atomic E-state index is 0.547. The van der Waals surface area contributed by atoms with Gasteiger partial charge in [-0.3, -0.25) is 4.57 Å². The Morgan fingerprint density at radius 2 is 1.06 bits per heavy atom. The number of aromatic nitrogens is 5. The lowest BCUT2D eigenvalue weighted by atomic mass is 10.0. The van der Waals surface area contributed by atoms with E-state index in [1.807, 2.05) is 18.3 Å². The Morgan fingerprint density at radius 3 is 1.96 bits per heavy atom. The van der Waals surface area contributed by atoms with E-state index >= 15 is 0 Å². The van der Waals surface area contributed by atoms with Crippen LogP contribution in [0.3, 0.4) is 0 Å². The van der Waals surface area contributed by atoms with Crippen LogP contribution in [0.4, 0.5) is 0 Å². The minimum Gasteiger partial charge on any atom is -0.453 e. The van der Waals surface area contributed by atoms with Gasteiger partial charge in [-0.1, -0.05) is 121 Å². The number of hydrogen-bond donors (Lipinski definition) is 0. The Labute approximate surface area is 297 Å². The summed E-state index contributed by atoms with van der Waals surface area (Å²) in [4.78, 5) is 20.3. The Bertz CT molecular complexity index is 3150. The second-order valence-corrected chi connectivity index (χ2v) is 13.1. The van der Waals surface area contributed by atoms with Gasteiger partial charge in [0.2, 0.25) is 0 Å². The molecule has 0 amide bonds. The molecule has 0 aliphatic heterocycles. The topological polar surface area (TPSA) is 69.6 Å². The Balaban J connectivity index is 1.18. The normalized spacial score (nSPS) is 11.8. The highest BCUT2D eigenvalue weighted by Gasteiger charge is 2.22. The standard InChI is InChI=1S/C46H27N5O/c1-2-13-30-27-31(25-24-28(30)11-1)43-48-44(36-19-7-14-29-12-3-4-15-32(29)36)50-45(49-43)38-20-8-17-34-35-18-9-23-40(42(35)52-41(34)38)51-39-22-6-5-16-33(39)37-21-10-26-47-46(37)51/h1-27H. The van der Waals surface area contributed by atoms with Crippen LogP contribution in [0.1, 0.15) is 0 Å². The van der Waals surface area contributed by atoms with Gasteiger partial charge < -0.3 is 4.42 Å². The summed E-state index contributed by atoms with van der Waals surface area (Å²) < 4.78 is 9.16. The van der Waals surface area contributed by atoms with E-state index < -0.39 is 0 Å². The molecule has 7 aromatic carbocycles. The van der Waals surface area contributed by atoms with Crippen molar-refractivity contribution in [3.63, 3.8) is 0 Å². The van der Waals surface area contributed by atoms with Crippen LogP contribution < -0.4 is 0 Å². The van der Waals surface area contributed by atoms with E-state index in [0.29, 0.717) is 17.5 Å². The number of hydrogen-bond acceptors (Lipinski definition) is 5. The van der Waals surface area contributed by atoms with Crippen molar-refractivity contribution in [2.45, 2.75) is 0 Å². The average molecular weight is 666 g/mol. The number of nitrogens with zero attached hydrogens (tertiary/aromatic N) is 5. The van der Waals surface area contributed by atoms with Crippen LogP contribution >= 0.6 is 0 Å². The van der Waals surface area contributed by atoms with Crippen LogP contribution in [0, 0.1) is 0 Å². The lowest BCUT2D eigenvalue weighted by molar-refractivity contribution is 0.667. The maximum absolute atomic E-state index is 6.96. The predicted octanol–water partition coefficient (Wildman–Crippen LogP) is 11.6. The van der Waals surface area contributed by atoms with Crippen molar-refractivity contribution in [1.82, 2.24) is 24.5 Å². The van der Waals surface area contributed by atoms with Crippen molar-refractivity contribution in [2.24, 2.45) is 0 Å². The van der Waals surface area contributed by atoms with Gasteiger partial charge in [-0.05, 0) is 57.9 Å². The van der Waals surface area contributed by atoms with Crippen molar-refractivity contribution < 1.29 is 4.42 Å². The molecular formula is C46H27N5O. The molecule has 52 heavy (non-hydrogen) atoms. The summed E-state index contributed by atoms with van der Waals surface area (Å²) in [5.74, 6) is 1.75. The molecule has 0 unspecified atom stereocenters. The fourth-order valence-electron chi connectivity index (χ4n) is 7.69. The van der Waals surface area contributed by atoms with E-state index in [2.05, 4.69) is 150 Å². The summed E-state index contributed by atoms with van der Waals surface area (Å²) in [6, 6.07) is 54.3. The van der Waals surface area contributed by atoms with Crippen LogP contribution in [0.2, 0.25) is 0 Å². The van der Waals surface area contributed by atoms with Gasteiger partial charge in [0.15, 0.2) is 23.1 Å². The van der Waals surface area contributed by atoms with E-state index in [0.717, 1.165) is 87.8 Å². The number of pyridine rings is 1. The van der Waals surface area contributed by atoms with Gasteiger partial charge in [0, 0.05) is 38.9 Å². The summed E-state index contributed by atoms with van der Waals surface area (Å²) >= 11 is 0. The Hall–Kier alpha value is -7.18. The lowest BCUT2D eigenvalue weighted by Crippen LogP contribution is -2.00. The summed E-state index contributed by atoms with van der Waals surface area (Å²) in [5, 5.41) is 8.73. The third kappa shape index (κ3) is 4.31. The largest absolute Gasteiger partial charge is 0.453 e. The van der Waals surface area contributed by atoms with Gasteiger partial charge in [0.25, 0.3) is 0 Å². The van der Waals surface area contributed by atoms with Crippen LogP contribution in [-0.4, -0.2) is 24.5 Å². The van der Waals surface area contributed by atoms with E-state index in [9.17, 15) is 0 Å². The van der Waals surface area contributed by atoms with Crippen molar-refractivity contribution in [3.8, 4) is 39.9 Å². The monoisotopic (exact) mass is 665 g/mol. The molecular weight excluding hydrogens is 639 g/mol. The zero-order valence-electron chi connectivity index (χ0n) is 27.7.